The summed E-state index contributed by atoms with van der Waals surface area (Å²) in [7, 11) is 0. The quantitative estimate of drug-likeness (QED) is 0.668. The molecule has 5 heteroatoms. The molecule has 2 atom stereocenters. The van der Waals surface area contributed by atoms with Crippen molar-refractivity contribution in [3.8, 4) is 0 Å². The molecule has 21 heavy (non-hydrogen) atoms. The molecule has 0 saturated heterocycles. The zero-order valence-corrected chi connectivity index (χ0v) is 13.5. The van der Waals surface area contributed by atoms with Crippen LogP contribution in [0.1, 0.15) is 59.3 Å². The molecule has 1 aliphatic carbocycles. The molecule has 0 aromatic carbocycles. The van der Waals surface area contributed by atoms with Crippen LogP contribution in [0.2, 0.25) is 0 Å². The summed E-state index contributed by atoms with van der Waals surface area (Å²) in [6.45, 7) is 5.69. The average molecular weight is 298 g/mol. The third-order valence-corrected chi connectivity index (χ3v) is 4.22. The van der Waals surface area contributed by atoms with Crippen LogP contribution in [0.15, 0.2) is 0 Å². The van der Waals surface area contributed by atoms with Crippen molar-refractivity contribution >= 4 is 11.8 Å². The van der Waals surface area contributed by atoms with E-state index in [0.717, 1.165) is 12.8 Å². The number of aliphatic hydroxyl groups is 1. The van der Waals surface area contributed by atoms with Gasteiger partial charge in [0.1, 0.15) is 6.04 Å². The molecule has 2 amide bonds. The first-order valence-corrected chi connectivity index (χ1v) is 8.15. The number of nitrogens with one attached hydrogen (secondary N) is 2. The number of carbonyl (C=O) groups is 2. The molecule has 122 valence electrons. The third kappa shape index (κ3) is 6.93. The highest BCUT2D eigenvalue weighted by molar-refractivity contribution is 5.87. The van der Waals surface area contributed by atoms with Gasteiger partial charge < -0.3 is 15.7 Å². The predicted octanol–water partition coefficient (Wildman–Crippen LogP) is 1.59. The monoisotopic (exact) mass is 298 g/mol. The van der Waals surface area contributed by atoms with E-state index in [1.165, 1.54) is 19.3 Å². The minimum atomic E-state index is -0.556. The Hall–Kier alpha value is -1.10. The lowest BCUT2D eigenvalue weighted by molar-refractivity contribution is -0.129. The summed E-state index contributed by atoms with van der Waals surface area (Å²) >= 11 is 0. The number of carbonyl (C=O) groups excluding carboxylic acids is 2. The van der Waals surface area contributed by atoms with E-state index in [4.69, 9.17) is 0 Å². The minimum absolute atomic E-state index is 0.0473. The number of rotatable bonds is 7. The van der Waals surface area contributed by atoms with Crippen LogP contribution in [-0.2, 0) is 9.59 Å². The van der Waals surface area contributed by atoms with Gasteiger partial charge in [0.25, 0.3) is 0 Å². The van der Waals surface area contributed by atoms with Crippen LogP contribution < -0.4 is 10.6 Å². The van der Waals surface area contributed by atoms with Gasteiger partial charge in [0.15, 0.2) is 0 Å². The normalized spacial score (nSPS) is 19.1. The van der Waals surface area contributed by atoms with E-state index < -0.39 is 12.1 Å². The van der Waals surface area contributed by atoms with Gasteiger partial charge in [0.2, 0.25) is 11.8 Å². The van der Waals surface area contributed by atoms with Gasteiger partial charge in [0.05, 0.1) is 6.10 Å². The molecule has 0 aromatic rings. The first-order valence-electron chi connectivity index (χ1n) is 8.15. The molecule has 1 rings (SSSR count). The SMILES string of the molecule is CC(NC(=O)CC1CCCCC1)C(=O)NCC(O)C(C)C. The van der Waals surface area contributed by atoms with Gasteiger partial charge in [-0.3, -0.25) is 9.59 Å². The van der Waals surface area contributed by atoms with E-state index in [1.54, 1.807) is 6.92 Å². The molecule has 0 heterocycles. The highest BCUT2D eigenvalue weighted by Gasteiger charge is 2.21. The van der Waals surface area contributed by atoms with Crippen molar-refractivity contribution in [3.05, 3.63) is 0 Å². The maximum Gasteiger partial charge on any atom is 0.242 e. The fourth-order valence-electron chi connectivity index (χ4n) is 2.61. The Bertz CT molecular complexity index is 338. The third-order valence-electron chi connectivity index (χ3n) is 4.22. The molecule has 3 N–H and O–H groups in total. The maximum absolute atomic E-state index is 11.9. The highest BCUT2D eigenvalue weighted by Crippen LogP contribution is 2.26. The van der Waals surface area contributed by atoms with Gasteiger partial charge in [-0.2, -0.15) is 0 Å². The first kappa shape index (κ1) is 18.0. The van der Waals surface area contributed by atoms with Crippen LogP contribution in [-0.4, -0.2) is 35.6 Å². The number of hydrogen-bond acceptors (Lipinski definition) is 3. The second kappa shape index (κ2) is 9.03. The lowest BCUT2D eigenvalue weighted by Crippen LogP contribution is -2.47. The second-order valence-electron chi connectivity index (χ2n) is 6.55. The van der Waals surface area contributed by atoms with Crippen molar-refractivity contribution in [1.29, 1.82) is 0 Å². The van der Waals surface area contributed by atoms with Crippen LogP contribution in [0.3, 0.4) is 0 Å². The van der Waals surface area contributed by atoms with Gasteiger partial charge in [-0.15, -0.1) is 0 Å². The number of hydrogen-bond donors (Lipinski definition) is 3. The Labute approximate surface area is 127 Å². The molecule has 1 fully saturated rings. The van der Waals surface area contributed by atoms with E-state index in [2.05, 4.69) is 10.6 Å². The lowest BCUT2D eigenvalue weighted by atomic mass is 9.87. The molecule has 1 saturated carbocycles. The Balaban J connectivity index is 2.25. The Morgan fingerprint density at radius 3 is 2.33 bits per heavy atom. The summed E-state index contributed by atoms with van der Waals surface area (Å²) in [4.78, 5) is 23.8. The molecular weight excluding hydrogens is 268 g/mol. The smallest absolute Gasteiger partial charge is 0.242 e. The van der Waals surface area contributed by atoms with Gasteiger partial charge >= 0.3 is 0 Å². The van der Waals surface area contributed by atoms with Crippen molar-refractivity contribution in [2.24, 2.45) is 11.8 Å². The lowest BCUT2D eigenvalue weighted by Gasteiger charge is -2.22. The van der Waals surface area contributed by atoms with Crippen LogP contribution in [0, 0.1) is 11.8 Å². The van der Waals surface area contributed by atoms with Crippen molar-refractivity contribution in [2.45, 2.75) is 71.4 Å². The molecule has 0 radical (unpaired) electrons. The topological polar surface area (TPSA) is 78.4 Å². The largest absolute Gasteiger partial charge is 0.391 e. The summed E-state index contributed by atoms with van der Waals surface area (Å²) in [6, 6.07) is -0.555. The number of amides is 2. The van der Waals surface area contributed by atoms with Gasteiger partial charge in [-0.1, -0.05) is 33.1 Å². The van der Waals surface area contributed by atoms with Crippen molar-refractivity contribution < 1.29 is 14.7 Å². The summed E-state index contributed by atoms with van der Waals surface area (Å²) in [5.74, 6) is 0.277. The molecular formula is C16H30N2O3. The fraction of sp³-hybridized carbons (Fsp3) is 0.875. The first-order chi connectivity index (χ1) is 9.90. The summed E-state index contributed by atoms with van der Waals surface area (Å²) < 4.78 is 0. The Kier molecular flexibility index (Phi) is 7.72. The van der Waals surface area contributed by atoms with Crippen molar-refractivity contribution in [3.63, 3.8) is 0 Å². The molecule has 1 aliphatic rings. The summed E-state index contributed by atoms with van der Waals surface area (Å²) in [6.07, 6.45) is 5.89. The van der Waals surface area contributed by atoms with Crippen LogP contribution in [0.4, 0.5) is 0 Å². The van der Waals surface area contributed by atoms with Crippen LogP contribution in [0.5, 0.6) is 0 Å². The molecule has 0 aliphatic heterocycles. The van der Waals surface area contributed by atoms with Crippen LogP contribution >= 0.6 is 0 Å². The van der Waals surface area contributed by atoms with Gasteiger partial charge in [-0.05, 0) is 31.6 Å². The van der Waals surface area contributed by atoms with Crippen molar-refractivity contribution in [2.75, 3.05) is 6.54 Å². The summed E-state index contributed by atoms with van der Waals surface area (Å²) in [5, 5.41) is 15.1. The minimum Gasteiger partial charge on any atom is -0.391 e. The molecule has 2 unspecified atom stereocenters. The van der Waals surface area contributed by atoms with E-state index in [0.29, 0.717) is 12.3 Å². The molecule has 5 nitrogen and oxygen atoms in total. The fourth-order valence-corrected chi connectivity index (χ4v) is 2.61. The van der Waals surface area contributed by atoms with E-state index in [1.807, 2.05) is 13.8 Å². The predicted molar refractivity (Wildman–Crippen MR) is 82.7 cm³/mol. The molecule has 0 bridgehead atoms. The maximum atomic E-state index is 11.9. The van der Waals surface area contributed by atoms with E-state index in [-0.39, 0.29) is 24.3 Å². The van der Waals surface area contributed by atoms with Crippen molar-refractivity contribution in [1.82, 2.24) is 10.6 Å². The Morgan fingerprint density at radius 2 is 1.76 bits per heavy atom. The van der Waals surface area contributed by atoms with Gasteiger partial charge in [-0.25, -0.2) is 0 Å². The molecule has 0 aromatic heterocycles. The molecule has 0 spiro atoms. The van der Waals surface area contributed by atoms with Crippen LogP contribution in [0.25, 0.3) is 0 Å². The standard InChI is InChI=1S/C16H30N2O3/c1-11(2)14(19)10-17-16(21)12(3)18-15(20)9-13-7-5-4-6-8-13/h11-14,19H,4-10H2,1-3H3,(H,17,21)(H,18,20). The zero-order valence-electron chi connectivity index (χ0n) is 13.5. The van der Waals surface area contributed by atoms with E-state index in [9.17, 15) is 14.7 Å². The zero-order chi connectivity index (χ0) is 15.8. The second-order valence-corrected chi connectivity index (χ2v) is 6.55. The van der Waals surface area contributed by atoms with Gasteiger partial charge in [0, 0.05) is 13.0 Å². The number of aliphatic hydroxyl groups excluding tert-OH is 1. The summed E-state index contributed by atoms with van der Waals surface area (Å²) in [5.41, 5.74) is 0. The van der Waals surface area contributed by atoms with E-state index >= 15 is 0 Å². The Morgan fingerprint density at radius 1 is 1.14 bits per heavy atom. The highest BCUT2D eigenvalue weighted by atomic mass is 16.3. The average Bonchev–Trinajstić information content (AvgIpc) is 2.44.